The molecule has 2 aliphatic rings. The zero-order chi connectivity index (χ0) is 15.2. The Balaban J connectivity index is 1.80. The number of carbonyl (C=O) groups is 3. The minimum atomic E-state index is -1.00. The van der Waals surface area contributed by atoms with Crippen LogP contribution in [-0.4, -0.2) is 46.5 Å². The molecule has 7 heteroatoms. The fourth-order valence-electron chi connectivity index (χ4n) is 2.77. The molecule has 0 bridgehead atoms. The van der Waals surface area contributed by atoms with Gasteiger partial charge in [0.1, 0.15) is 11.3 Å². The van der Waals surface area contributed by atoms with E-state index < -0.39 is 11.6 Å². The smallest absolute Gasteiger partial charge is 0.322 e. The predicted molar refractivity (Wildman–Crippen MR) is 72.8 cm³/mol. The van der Waals surface area contributed by atoms with Gasteiger partial charge in [-0.2, -0.15) is 0 Å². The zero-order valence-corrected chi connectivity index (χ0v) is 11.5. The van der Waals surface area contributed by atoms with Crippen LogP contribution in [0, 0.1) is 6.92 Å². The van der Waals surface area contributed by atoms with Crippen molar-refractivity contribution in [2.24, 2.45) is 0 Å². The minimum absolute atomic E-state index is 0.131. The molecule has 21 heavy (non-hydrogen) atoms. The van der Waals surface area contributed by atoms with Gasteiger partial charge in [-0.25, -0.2) is 4.79 Å². The lowest BCUT2D eigenvalue weighted by Gasteiger charge is -2.21. The molecule has 2 fully saturated rings. The van der Waals surface area contributed by atoms with Crippen molar-refractivity contribution in [2.75, 3.05) is 13.1 Å². The predicted octanol–water partition coefficient (Wildman–Crippen LogP) is 0.125. The van der Waals surface area contributed by atoms with Gasteiger partial charge in [0.15, 0.2) is 0 Å². The lowest BCUT2D eigenvalue weighted by Crippen LogP contribution is -2.49. The Hall–Kier alpha value is -2.57. The summed E-state index contributed by atoms with van der Waals surface area (Å²) in [5.74, 6) is -0.472. The van der Waals surface area contributed by atoms with Crippen LogP contribution in [0.2, 0.25) is 0 Å². The molecule has 0 radical (unpaired) electrons. The Morgan fingerprint density at radius 2 is 2.14 bits per heavy atom. The molecule has 3 rings (SSSR count). The summed E-state index contributed by atoms with van der Waals surface area (Å²) in [6.45, 7) is 2.26. The van der Waals surface area contributed by atoms with Crippen LogP contribution < -0.4 is 10.6 Å². The summed E-state index contributed by atoms with van der Waals surface area (Å²) in [7, 11) is 0. The van der Waals surface area contributed by atoms with Crippen molar-refractivity contribution < 1.29 is 19.5 Å². The van der Waals surface area contributed by atoms with Crippen LogP contribution in [0.3, 0.4) is 0 Å². The Bertz CT molecular complexity index is 658. The highest BCUT2D eigenvalue weighted by molar-refractivity contribution is 6.08. The van der Waals surface area contributed by atoms with E-state index in [1.807, 2.05) is 0 Å². The summed E-state index contributed by atoms with van der Waals surface area (Å²) in [6, 6.07) is 4.10. The number of nitrogens with zero attached hydrogens (tertiary/aromatic N) is 1. The van der Waals surface area contributed by atoms with Crippen LogP contribution in [-0.2, 0) is 4.79 Å². The number of amides is 4. The molecule has 1 unspecified atom stereocenters. The second-order valence-corrected chi connectivity index (χ2v) is 5.47. The van der Waals surface area contributed by atoms with Gasteiger partial charge in [0.05, 0.1) is 6.54 Å². The quantitative estimate of drug-likeness (QED) is 0.640. The highest BCUT2D eigenvalue weighted by Crippen LogP contribution is 2.26. The summed E-state index contributed by atoms with van der Waals surface area (Å²) >= 11 is 0. The highest BCUT2D eigenvalue weighted by Gasteiger charge is 2.51. The van der Waals surface area contributed by atoms with Crippen molar-refractivity contribution in [2.45, 2.75) is 18.9 Å². The van der Waals surface area contributed by atoms with Crippen molar-refractivity contribution in [1.29, 1.82) is 0 Å². The first-order valence-electron chi connectivity index (χ1n) is 6.64. The fraction of sp³-hybridized carbons (Fsp3) is 0.357. The average molecular weight is 289 g/mol. The molecule has 1 aromatic rings. The largest absolute Gasteiger partial charge is 0.508 e. The number of urea groups is 1. The van der Waals surface area contributed by atoms with Crippen molar-refractivity contribution >= 4 is 17.8 Å². The molecule has 7 nitrogen and oxygen atoms in total. The van der Waals surface area contributed by atoms with Crippen LogP contribution in [0.5, 0.6) is 5.75 Å². The van der Waals surface area contributed by atoms with Crippen molar-refractivity contribution in [3.05, 3.63) is 29.3 Å². The van der Waals surface area contributed by atoms with Gasteiger partial charge in [0.2, 0.25) is 0 Å². The number of nitrogens with one attached hydrogen (secondary N) is 2. The topological polar surface area (TPSA) is 98.7 Å². The molecule has 1 atom stereocenters. The van der Waals surface area contributed by atoms with E-state index >= 15 is 0 Å². The minimum Gasteiger partial charge on any atom is -0.508 e. The first kappa shape index (κ1) is 13.4. The first-order chi connectivity index (χ1) is 9.91. The normalized spacial score (nSPS) is 24.3. The lowest BCUT2D eigenvalue weighted by molar-refractivity contribution is -0.123. The standard InChI is InChI=1S/C14H15N3O4/c1-8-6-9(2-3-10(8)18)11(19)17-5-4-14(7-17)12(20)15-13(21)16-14/h2-3,6,18H,4-5,7H2,1H3,(H2,15,16,20,21). The average Bonchev–Trinajstić information content (AvgIpc) is 2.97. The monoisotopic (exact) mass is 289 g/mol. The molecule has 110 valence electrons. The van der Waals surface area contributed by atoms with Crippen LogP contribution in [0.1, 0.15) is 22.3 Å². The number of aromatic hydroxyl groups is 1. The number of carbonyl (C=O) groups excluding carboxylic acids is 3. The van der Waals surface area contributed by atoms with Gasteiger partial charge in [0, 0.05) is 12.1 Å². The molecule has 2 aliphatic heterocycles. The second kappa shape index (κ2) is 4.47. The van der Waals surface area contributed by atoms with E-state index in [2.05, 4.69) is 10.6 Å². The molecule has 0 aliphatic carbocycles. The molecule has 1 spiro atoms. The molecule has 2 saturated heterocycles. The van der Waals surface area contributed by atoms with Gasteiger partial charge in [-0.1, -0.05) is 0 Å². The van der Waals surface area contributed by atoms with Gasteiger partial charge in [-0.05, 0) is 37.1 Å². The maximum atomic E-state index is 12.4. The number of rotatable bonds is 1. The van der Waals surface area contributed by atoms with Crippen LogP contribution in [0.15, 0.2) is 18.2 Å². The van der Waals surface area contributed by atoms with Crippen LogP contribution in [0.25, 0.3) is 0 Å². The number of phenols is 1. The van der Waals surface area contributed by atoms with E-state index in [4.69, 9.17) is 0 Å². The molecule has 0 saturated carbocycles. The maximum Gasteiger partial charge on any atom is 0.322 e. The maximum absolute atomic E-state index is 12.4. The third-order valence-electron chi connectivity index (χ3n) is 4.01. The number of hydrogen-bond donors (Lipinski definition) is 3. The van der Waals surface area contributed by atoms with E-state index in [0.717, 1.165) is 0 Å². The fourth-order valence-corrected chi connectivity index (χ4v) is 2.77. The Kier molecular flexibility index (Phi) is 2.86. The van der Waals surface area contributed by atoms with E-state index in [0.29, 0.717) is 24.1 Å². The van der Waals surface area contributed by atoms with E-state index in [-0.39, 0.29) is 24.1 Å². The third kappa shape index (κ3) is 2.10. The molecular formula is C14H15N3O4. The lowest BCUT2D eigenvalue weighted by atomic mass is 9.99. The number of aryl methyl sites for hydroxylation is 1. The second-order valence-electron chi connectivity index (χ2n) is 5.47. The summed E-state index contributed by atoms with van der Waals surface area (Å²) in [4.78, 5) is 37.1. The Labute approximate surface area is 120 Å². The van der Waals surface area contributed by atoms with Crippen LogP contribution in [0.4, 0.5) is 4.79 Å². The van der Waals surface area contributed by atoms with E-state index in [1.165, 1.54) is 11.0 Å². The molecule has 4 amide bonds. The van der Waals surface area contributed by atoms with Gasteiger partial charge in [-0.3, -0.25) is 14.9 Å². The number of phenolic OH excluding ortho intramolecular Hbond substituents is 1. The zero-order valence-electron chi connectivity index (χ0n) is 11.5. The number of hydrogen-bond acceptors (Lipinski definition) is 4. The van der Waals surface area contributed by atoms with Crippen molar-refractivity contribution in [3.63, 3.8) is 0 Å². The van der Waals surface area contributed by atoms with Crippen molar-refractivity contribution in [3.8, 4) is 5.75 Å². The summed E-state index contributed by atoms with van der Waals surface area (Å²) in [5.41, 5.74) is 0.0624. The number of imide groups is 1. The number of benzene rings is 1. The van der Waals surface area contributed by atoms with Gasteiger partial charge in [-0.15, -0.1) is 0 Å². The van der Waals surface area contributed by atoms with E-state index in [9.17, 15) is 19.5 Å². The van der Waals surface area contributed by atoms with Gasteiger partial charge in [0.25, 0.3) is 11.8 Å². The molecule has 2 heterocycles. The SMILES string of the molecule is Cc1cc(C(=O)N2CCC3(C2)NC(=O)NC3=O)ccc1O. The number of likely N-dealkylation sites (tertiary alicyclic amines) is 1. The summed E-state index contributed by atoms with van der Waals surface area (Å²) < 4.78 is 0. The molecule has 1 aromatic carbocycles. The summed E-state index contributed by atoms with van der Waals surface area (Å²) in [6.07, 6.45) is 0.396. The molecule has 0 aromatic heterocycles. The van der Waals surface area contributed by atoms with E-state index in [1.54, 1.807) is 19.1 Å². The first-order valence-corrected chi connectivity index (χ1v) is 6.64. The molecule has 3 N–H and O–H groups in total. The molecular weight excluding hydrogens is 274 g/mol. The summed E-state index contributed by atoms with van der Waals surface area (Å²) in [5, 5.41) is 14.3. The van der Waals surface area contributed by atoms with Gasteiger partial charge < -0.3 is 15.3 Å². The Morgan fingerprint density at radius 3 is 2.76 bits per heavy atom. The van der Waals surface area contributed by atoms with Crippen molar-refractivity contribution in [1.82, 2.24) is 15.5 Å². The highest BCUT2D eigenvalue weighted by atomic mass is 16.3. The van der Waals surface area contributed by atoms with Gasteiger partial charge >= 0.3 is 6.03 Å². The van der Waals surface area contributed by atoms with Crippen LogP contribution >= 0.6 is 0 Å². The third-order valence-corrected chi connectivity index (χ3v) is 4.01. The Morgan fingerprint density at radius 1 is 1.38 bits per heavy atom.